The first-order valence-electron chi connectivity index (χ1n) is 9.55. The molecule has 1 amide bonds. The maximum absolute atomic E-state index is 12.8. The molecule has 2 N–H and O–H groups in total. The van der Waals surface area contributed by atoms with Crippen LogP contribution in [0.25, 0.3) is 17.3 Å². The molecule has 0 aliphatic carbocycles. The van der Waals surface area contributed by atoms with Crippen molar-refractivity contribution in [3.63, 3.8) is 0 Å². The molecule has 0 atom stereocenters. The van der Waals surface area contributed by atoms with Crippen LogP contribution in [0, 0.1) is 0 Å². The van der Waals surface area contributed by atoms with E-state index in [1.807, 2.05) is 32.0 Å². The van der Waals surface area contributed by atoms with Crippen molar-refractivity contribution in [3.05, 3.63) is 65.4 Å². The van der Waals surface area contributed by atoms with E-state index in [-0.39, 0.29) is 18.5 Å². The molecular formula is C23H19N3O4. The number of H-pyrrole nitrogens is 1. The predicted octanol–water partition coefficient (Wildman–Crippen LogP) is 3.93. The average molecular weight is 401 g/mol. The Morgan fingerprint density at radius 3 is 2.83 bits per heavy atom. The van der Waals surface area contributed by atoms with Crippen LogP contribution in [0.4, 0.5) is 5.69 Å². The molecule has 150 valence electrons. The largest absolute Gasteiger partial charge is 0.454 e. The van der Waals surface area contributed by atoms with Gasteiger partial charge in [-0.05, 0) is 68.0 Å². The Bertz CT molecular complexity index is 1220. The number of carbonyl (C=O) groups excluding carboxylic acids is 2. The molecule has 3 aromatic rings. The fraction of sp³-hybridized carbons (Fsp3) is 0.174. The number of ether oxygens (including phenoxy) is 2. The lowest BCUT2D eigenvalue weighted by molar-refractivity contribution is -0.119. The molecule has 0 saturated heterocycles. The number of anilines is 1. The number of aromatic amines is 1. The lowest BCUT2D eigenvalue weighted by atomic mass is 9.85. The third kappa shape index (κ3) is 2.86. The summed E-state index contributed by atoms with van der Waals surface area (Å²) in [5.74, 6) is 1.17. The smallest absolute Gasteiger partial charge is 0.234 e. The predicted molar refractivity (Wildman–Crippen MR) is 112 cm³/mol. The normalized spacial score (nSPS) is 16.0. The van der Waals surface area contributed by atoms with E-state index >= 15 is 0 Å². The fourth-order valence-corrected chi connectivity index (χ4v) is 3.69. The van der Waals surface area contributed by atoms with Crippen LogP contribution < -0.4 is 14.8 Å². The van der Waals surface area contributed by atoms with Crippen molar-refractivity contribution in [1.82, 2.24) is 10.2 Å². The average Bonchev–Trinajstić information content (AvgIpc) is 3.44. The van der Waals surface area contributed by atoms with Gasteiger partial charge in [-0.15, -0.1) is 0 Å². The Hall–Kier alpha value is -3.87. The summed E-state index contributed by atoms with van der Waals surface area (Å²) in [6, 6.07) is 10.9. The number of allylic oxidation sites excluding steroid dienone is 1. The number of hydrogen-bond acceptors (Lipinski definition) is 5. The molecule has 1 aromatic heterocycles. The van der Waals surface area contributed by atoms with Crippen LogP contribution in [0.5, 0.6) is 11.5 Å². The van der Waals surface area contributed by atoms with Crippen LogP contribution in [0.3, 0.4) is 0 Å². The second-order valence-corrected chi connectivity index (χ2v) is 7.81. The molecule has 2 aliphatic rings. The third-order valence-electron chi connectivity index (χ3n) is 5.54. The minimum Gasteiger partial charge on any atom is -0.454 e. The van der Waals surface area contributed by atoms with Crippen molar-refractivity contribution in [2.45, 2.75) is 19.3 Å². The quantitative estimate of drug-likeness (QED) is 0.510. The standard InChI is InChI=1S/C23H19N3O4/c1-23(2)16-9-13(3-6-17(16)25-22(23)28)18(27)7-4-15-11-24-26-21(15)14-5-8-19-20(10-14)30-12-29-19/h3-11H,12H2,1-2H3,(H,24,26)(H,25,28)/b7-4+. The Morgan fingerprint density at radius 1 is 1.13 bits per heavy atom. The topological polar surface area (TPSA) is 93.3 Å². The number of benzene rings is 2. The molecule has 2 aliphatic heterocycles. The van der Waals surface area contributed by atoms with Gasteiger partial charge in [-0.1, -0.05) is 0 Å². The summed E-state index contributed by atoms with van der Waals surface area (Å²) in [5, 5.41) is 9.94. The van der Waals surface area contributed by atoms with E-state index in [9.17, 15) is 9.59 Å². The van der Waals surface area contributed by atoms with Gasteiger partial charge in [0.2, 0.25) is 12.7 Å². The van der Waals surface area contributed by atoms with Crippen molar-refractivity contribution in [2.24, 2.45) is 0 Å². The summed E-state index contributed by atoms with van der Waals surface area (Å²) in [6.45, 7) is 3.91. The number of nitrogens with one attached hydrogen (secondary N) is 2. The first-order valence-corrected chi connectivity index (χ1v) is 9.55. The van der Waals surface area contributed by atoms with Crippen LogP contribution in [0.1, 0.15) is 35.3 Å². The van der Waals surface area contributed by atoms with Gasteiger partial charge in [0.25, 0.3) is 0 Å². The zero-order chi connectivity index (χ0) is 20.9. The number of hydrogen-bond donors (Lipinski definition) is 2. The molecule has 7 heteroatoms. The van der Waals surface area contributed by atoms with Gasteiger partial charge in [0.05, 0.1) is 17.3 Å². The number of ketones is 1. The SMILES string of the molecule is CC1(C)C(=O)Nc2ccc(C(=O)/C=C/c3cn[nH]c3-c3ccc4c(c3)OCO4)cc21. The lowest BCUT2D eigenvalue weighted by Gasteiger charge is -2.15. The molecule has 0 spiro atoms. The summed E-state index contributed by atoms with van der Waals surface area (Å²) in [7, 11) is 0. The van der Waals surface area contributed by atoms with Gasteiger partial charge in [-0.25, -0.2) is 0 Å². The lowest BCUT2D eigenvalue weighted by Crippen LogP contribution is -2.26. The highest BCUT2D eigenvalue weighted by atomic mass is 16.7. The molecule has 0 bridgehead atoms. The van der Waals surface area contributed by atoms with Crippen molar-refractivity contribution in [3.8, 4) is 22.8 Å². The van der Waals surface area contributed by atoms with Crippen LogP contribution in [0.2, 0.25) is 0 Å². The van der Waals surface area contributed by atoms with Crippen LogP contribution in [-0.2, 0) is 10.2 Å². The molecular weight excluding hydrogens is 382 g/mol. The van der Waals surface area contributed by atoms with E-state index < -0.39 is 5.41 Å². The zero-order valence-electron chi connectivity index (χ0n) is 16.5. The second-order valence-electron chi connectivity index (χ2n) is 7.81. The van der Waals surface area contributed by atoms with E-state index in [0.29, 0.717) is 17.1 Å². The van der Waals surface area contributed by atoms with Gasteiger partial charge >= 0.3 is 0 Å². The second kappa shape index (κ2) is 6.59. The van der Waals surface area contributed by atoms with E-state index in [1.54, 1.807) is 30.5 Å². The van der Waals surface area contributed by atoms with Crippen LogP contribution in [0.15, 0.2) is 48.7 Å². The summed E-state index contributed by atoms with van der Waals surface area (Å²) >= 11 is 0. The van der Waals surface area contributed by atoms with Crippen LogP contribution >= 0.6 is 0 Å². The highest BCUT2D eigenvalue weighted by Gasteiger charge is 2.38. The molecule has 3 heterocycles. The number of nitrogens with zero attached hydrogens (tertiary/aromatic N) is 1. The fourth-order valence-electron chi connectivity index (χ4n) is 3.69. The zero-order valence-corrected chi connectivity index (χ0v) is 16.5. The van der Waals surface area contributed by atoms with Gasteiger partial charge in [0.15, 0.2) is 17.3 Å². The highest BCUT2D eigenvalue weighted by molar-refractivity contribution is 6.10. The molecule has 0 fully saturated rings. The van der Waals surface area contributed by atoms with Gasteiger partial charge in [-0.3, -0.25) is 14.7 Å². The van der Waals surface area contributed by atoms with E-state index in [1.165, 1.54) is 6.08 Å². The monoisotopic (exact) mass is 401 g/mol. The van der Waals surface area contributed by atoms with Crippen molar-refractivity contribution in [1.29, 1.82) is 0 Å². The molecule has 0 unspecified atom stereocenters. The maximum atomic E-state index is 12.8. The number of carbonyl (C=O) groups is 2. The Balaban J connectivity index is 1.41. The van der Waals surface area contributed by atoms with Gasteiger partial charge < -0.3 is 14.8 Å². The first kappa shape index (κ1) is 18.2. The number of amides is 1. The Labute approximate surface area is 172 Å². The number of aromatic nitrogens is 2. The minimum absolute atomic E-state index is 0.0654. The summed E-state index contributed by atoms with van der Waals surface area (Å²) in [5.41, 5.74) is 3.90. The molecule has 5 rings (SSSR count). The summed E-state index contributed by atoms with van der Waals surface area (Å²) in [4.78, 5) is 24.9. The van der Waals surface area contributed by atoms with E-state index in [0.717, 1.165) is 28.1 Å². The minimum atomic E-state index is -0.660. The molecule has 0 radical (unpaired) electrons. The Kier molecular flexibility index (Phi) is 3.99. The van der Waals surface area contributed by atoms with Gasteiger partial charge in [0, 0.05) is 22.4 Å². The molecule has 2 aromatic carbocycles. The van der Waals surface area contributed by atoms with E-state index in [2.05, 4.69) is 15.5 Å². The van der Waals surface area contributed by atoms with Crippen molar-refractivity contribution in [2.75, 3.05) is 12.1 Å². The third-order valence-corrected chi connectivity index (χ3v) is 5.54. The summed E-state index contributed by atoms with van der Waals surface area (Å²) in [6.07, 6.45) is 4.91. The van der Waals surface area contributed by atoms with Crippen molar-refractivity contribution >= 4 is 23.5 Å². The summed E-state index contributed by atoms with van der Waals surface area (Å²) < 4.78 is 10.8. The Morgan fingerprint density at radius 2 is 1.97 bits per heavy atom. The number of fused-ring (bicyclic) bond motifs is 2. The van der Waals surface area contributed by atoms with E-state index in [4.69, 9.17) is 9.47 Å². The van der Waals surface area contributed by atoms with Crippen molar-refractivity contribution < 1.29 is 19.1 Å². The van der Waals surface area contributed by atoms with Gasteiger partial charge in [-0.2, -0.15) is 5.10 Å². The molecule has 30 heavy (non-hydrogen) atoms. The highest BCUT2D eigenvalue weighted by Crippen LogP contribution is 2.38. The number of rotatable bonds is 4. The molecule has 7 nitrogen and oxygen atoms in total. The maximum Gasteiger partial charge on any atom is 0.234 e. The van der Waals surface area contributed by atoms with Crippen LogP contribution in [-0.4, -0.2) is 28.7 Å². The van der Waals surface area contributed by atoms with Gasteiger partial charge in [0.1, 0.15) is 0 Å². The first-order chi connectivity index (χ1) is 14.4. The molecule has 0 saturated carbocycles.